The van der Waals surface area contributed by atoms with E-state index in [0.717, 1.165) is 5.56 Å². The van der Waals surface area contributed by atoms with Gasteiger partial charge in [0.25, 0.3) is 0 Å². The maximum atomic E-state index is 12.3. The Kier molecular flexibility index (Phi) is 3.47. The molecule has 1 aromatic carbocycles. The molecule has 0 atom stereocenters. The molecular formula is C16H14O3. The number of carbonyl (C=O) groups is 1. The number of allylic oxidation sites excluding steroid dienone is 2. The number of fused-ring (bicyclic) bond motifs is 1. The highest BCUT2D eigenvalue weighted by atomic mass is 16.3. The van der Waals surface area contributed by atoms with Gasteiger partial charge in [-0.3, -0.25) is 9.59 Å². The van der Waals surface area contributed by atoms with Gasteiger partial charge in [0.15, 0.2) is 11.2 Å². The van der Waals surface area contributed by atoms with Crippen LogP contribution in [0.5, 0.6) is 0 Å². The number of rotatable bonds is 3. The summed E-state index contributed by atoms with van der Waals surface area (Å²) < 4.78 is 5.55. The molecule has 0 N–H and O–H groups in total. The van der Waals surface area contributed by atoms with Crippen molar-refractivity contribution in [1.82, 2.24) is 0 Å². The van der Waals surface area contributed by atoms with Gasteiger partial charge in [0.2, 0.25) is 5.78 Å². The van der Waals surface area contributed by atoms with E-state index in [1.54, 1.807) is 44.2 Å². The summed E-state index contributed by atoms with van der Waals surface area (Å²) in [7, 11) is 0. The van der Waals surface area contributed by atoms with Crippen LogP contribution in [0.3, 0.4) is 0 Å². The Morgan fingerprint density at radius 2 is 2.11 bits per heavy atom. The smallest absolute Gasteiger partial charge is 0.221 e. The topological polar surface area (TPSA) is 47.3 Å². The fourth-order valence-corrected chi connectivity index (χ4v) is 1.89. The van der Waals surface area contributed by atoms with Crippen molar-refractivity contribution < 1.29 is 9.21 Å². The monoisotopic (exact) mass is 254 g/mol. The first-order valence-electron chi connectivity index (χ1n) is 5.95. The van der Waals surface area contributed by atoms with Crippen molar-refractivity contribution in [2.45, 2.75) is 13.8 Å². The molecule has 96 valence electrons. The van der Waals surface area contributed by atoms with E-state index in [4.69, 9.17) is 4.42 Å². The lowest BCUT2D eigenvalue weighted by atomic mass is 10.1. The predicted molar refractivity (Wildman–Crippen MR) is 76.5 cm³/mol. The minimum absolute atomic E-state index is 0.0990. The second-order valence-electron chi connectivity index (χ2n) is 4.21. The second kappa shape index (κ2) is 5.06. The molecule has 0 saturated heterocycles. The van der Waals surface area contributed by atoms with Gasteiger partial charge < -0.3 is 4.42 Å². The normalized spacial score (nSPS) is 11.1. The number of ketones is 1. The Morgan fingerprint density at radius 1 is 1.37 bits per heavy atom. The average molecular weight is 254 g/mol. The number of hydrogen-bond acceptors (Lipinski definition) is 3. The lowest BCUT2D eigenvalue weighted by Crippen LogP contribution is -2.12. The summed E-state index contributed by atoms with van der Waals surface area (Å²) in [6.45, 7) is 7.00. The third-order valence-electron chi connectivity index (χ3n) is 2.92. The van der Waals surface area contributed by atoms with Crippen molar-refractivity contribution >= 4 is 22.8 Å². The summed E-state index contributed by atoms with van der Waals surface area (Å²) >= 11 is 0. The predicted octanol–water partition coefficient (Wildman–Crippen LogP) is 3.50. The van der Waals surface area contributed by atoms with Crippen LogP contribution in [0, 0.1) is 6.92 Å². The van der Waals surface area contributed by atoms with Crippen LogP contribution >= 0.6 is 0 Å². The van der Waals surface area contributed by atoms with Gasteiger partial charge in [-0.05, 0) is 37.6 Å². The molecular weight excluding hydrogens is 240 g/mol. The quantitative estimate of drug-likeness (QED) is 0.622. The van der Waals surface area contributed by atoms with E-state index in [-0.39, 0.29) is 17.0 Å². The molecule has 0 aliphatic heterocycles. The van der Waals surface area contributed by atoms with Crippen LogP contribution in [0.2, 0.25) is 0 Å². The molecule has 1 aromatic heterocycles. The van der Waals surface area contributed by atoms with Crippen molar-refractivity contribution in [3.8, 4) is 0 Å². The standard InChI is InChI=1S/C16H14O3/c1-4-6-13(17)16-10(3)15(18)12-9-11(5-2)7-8-14(12)19-16/h4-9H,2H2,1,3H3/b6-4+. The molecule has 0 unspecified atom stereocenters. The molecule has 0 aliphatic rings. The van der Waals surface area contributed by atoms with E-state index in [9.17, 15) is 9.59 Å². The first kappa shape index (κ1) is 13.0. The fraction of sp³-hybridized carbons (Fsp3) is 0.125. The molecule has 3 nitrogen and oxygen atoms in total. The molecule has 0 amide bonds. The Hall–Kier alpha value is -2.42. The zero-order chi connectivity index (χ0) is 14.0. The maximum absolute atomic E-state index is 12.3. The number of hydrogen-bond donors (Lipinski definition) is 0. The first-order chi connectivity index (χ1) is 9.08. The Bertz CT molecular complexity index is 748. The van der Waals surface area contributed by atoms with Crippen LogP contribution in [0.4, 0.5) is 0 Å². The summed E-state index contributed by atoms with van der Waals surface area (Å²) in [5.74, 6) is -0.200. The zero-order valence-electron chi connectivity index (χ0n) is 10.9. The van der Waals surface area contributed by atoms with E-state index < -0.39 is 0 Å². The Balaban J connectivity index is 2.79. The largest absolute Gasteiger partial charge is 0.452 e. The summed E-state index contributed by atoms with van der Waals surface area (Å²) in [6, 6.07) is 5.18. The van der Waals surface area contributed by atoms with Crippen LogP contribution in [-0.2, 0) is 0 Å². The summed E-state index contributed by atoms with van der Waals surface area (Å²) in [5.41, 5.74) is 1.40. The zero-order valence-corrected chi connectivity index (χ0v) is 10.9. The summed E-state index contributed by atoms with van der Waals surface area (Å²) in [6.07, 6.45) is 4.66. The fourth-order valence-electron chi connectivity index (χ4n) is 1.89. The molecule has 2 aromatic rings. The van der Waals surface area contributed by atoms with Crippen LogP contribution in [0.1, 0.15) is 28.6 Å². The van der Waals surface area contributed by atoms with E-state index in [1.807, 2.05) is 0 Å². The maximum Gasteiger partial charge on any atom is 0.221 e. The highest BCUT2D eigenvalue weighted by Gasteiger charge is 2.15. The lowest BCUT2D eigenvalue weighted by molar-refractivity contribution is 0.102. The lowest BCUT2D eigenvalue weighted by Gasteiger charge is -2.04. The summed E-state index contributed by atoms with van der Waals surface area (Å²) in [5, 5.41) is 0.465. The molecule has 1 heterocycles. The third kappa shape index (κ3) is 2.27. The molecule has 0 radical (unpaired) electrons. The second-order valence-corrected chi connectivity index (χ2v) is 4.21. The highest BCUT2D eigenvalue weighted by molar-refractivity contribution is 6.04. The van der Waals surface area contributed by atoms with Crippen molar-refractivity contribution in [3.05, 3.63) is 64.0 Å². The van der Waals surface area contributed by atoms with Crippen LogP contribution < -0.4 is 5.43 Å². The Labute approximate surface area is 110 Å². The molecule has 0 bridgehead atoms. The summed E-state index contributed by atoms with van der Waals surface area (Å²) in [4.78, 5) is 24.1. The van der Waals surface area contributed by atoms with Crippen LogP contribution in [0.25, 0.3) is 17.0 Å². The number of benzene rings is 1. The van der Waals surface area contributed by atoms with Gasteiger partial charge in [0, 0.05) is 5.56 Å². The molecule has 19 heavy (non-hydrogen) atoms. The van der Waals surface area contributed by atoms with Crippen LogP contribution in [-0.4, -0.2) is 5.78 Å². The van der Waals surface area contributed by atoms with E-state index >= 15 is 0 Å². The van der Waals surface area contributed by atoms with Gasteiger partial charge in [-0.2, -0.15) is 0 Å². The van der Waals surface area contributed by atoms with Crippen molar-refractivity contribution in [1.29, 1.82) is 0 Å². The molecule has 0 saturated carbocycles. The van der Waals surface area contributed by atoms with Gasteiger partial charge >= 0.3 is 0 Å². The van der Waals surface area contributed by atoms with Gasteiger partial charge in [-0.1, -0.05) is 24.8 Å². The van der Waals surface area contributed by atoms with Gasteiger partial charge in [0.05, 0.1) is 5.39 Å². The van der Waals surface area contributed by atoms with Gasteiger partial charge in [-0.25, -0.2) is 0 Å². The van der Waals surface area contributed by atoms with Gasteiger partial charge in [0.1, 0.15) is 5.58 Å². The van der Waals surface area contributed by atoms with E-state index in [1.165, 1.54) is 6.08 Å². The molecule has 0 fully saturated rings. The number of carbonyl (C=O) groups excluding carboxylic acids is 1. The highest BCUT2D eigenvalue weighted by Crippen LogP contribution is 2.18. The van der Waals surface area contributed by atoms with E-state index in [0.29, 0.717) is 16.5 Å². The van der Waals surface area contributed by atoms with Gasteiger partial charge in [-0.15, -0.1) is 0 Å². The van der Waals surface area contributed by atoms with Crippen molar-refractivity contribution in [3.63, 3.8) is 0 Å². The Morgan fingerprint density at radius 3 is 2.74 bits per heavy atom. The van der Waals surface area contributed by atoms with E-state index in [2.05, 4.69) is 6.58 Å². The third-order valence-corrected chi connectivity index (χ3v) is 2.92. The molecule has 2 rings (SSSR count). The molecule has 0 aliphatic carbocycles. The van der Waals surface area contributed by atoms with Crippen LogP contribution in [0.15, 0.2) is 46.1 Å². The molecule has 0 spiro atoms. The molecule has 3 heteroatoms. The van der Waals surface area contributed by atoms with Crippen molar-refractivity contribution in [2.24, 2.45) is 0 Å². The van der Waals surface area contributed by atoms with Crippen molar-refractivity contribution in [2.75, 3.05) is 0 Å². The minimum Gasteiger partial charge on any atom is -0.452 e. The average Bonchev–Trinajstić information content (AvgIpc) is 2.42. The first-order valence-corrected chi connectivity index (χ1v) is 5.95. The minimum atomic E-state index is -0.299. The SMILES string of the molecule is C=Cc1ccc2oc(C(=O)/C=C/C)c(C)c(=O)c2c1.